The molecule has 43 heavy (non-hydrogen) atoms. The molecule has 1 atom stereocenters. The lowest BCUT2D eigenvalue weighted by Crippen LogP contribution is -2.52. The van der Waals surface area contributed by atoms with Crippen LogP contribution in [0, 0.1) is 0 Å². The summed E-state index contributed by atoms with van der Waals surface area (Å²) >= 11 is 0. The third-order valence-corrected chi connectivity index (χ3v) is 8.78. The van der Waals surface area contributed by atoms with Crippen LogP contribution in [0.15, 0.2) is 77.7 Å². The van der Waals surface area contributed by atoms with E-state index in [0.29, 0.717) is 30.2 Å². The minimum atomic E-state index is -4.21. The Labute approximate surface area is 254 Å². The second-order valence-corrected chi connectivity index (χ2v) is 11.7. The van der Waals surface area contributed by atoms with Crippen LogP contribution in [0.5, 0.6) is 17.2 Å². The van der Waals surface area contributed by atoms with Gasteiger partial charge in [0.25, 0.3) is 10.0 Å². The molecule has 3 aromatic carbocycles. The van der Waals surface area contributed by atoms with Crippen LogP contribution in [0.2, 0.25) is 0 Å². The van der Waals surface area contributed by atoms with Crippen molar-refractivity contribution in [2.45, 2.75) is 50.6 Å². The number of ether oxygens (including phenoxy) is 3. The molecule has 0 aliphatic heterocycles. The Morgan fingerprint density at radius 3 is 2.12 bits per heavy atom. The maximum absolute atomic E-state index is 14.2. The summed E-state index contributed by atoms with van der Waals surface area (Å²) in [4.78, 5) is 29.0. The Kier molecular flexibility index (Phi) is 12.2. The van der Waals surface area contributed by atoms with Gasteiger partial charge in [0, 0.05) is 19.2 Å². The fourth-order valence-electron chi connectivity index (χ4n) is 4.58. The highest BCUT2D eigenvalue weighted by Crippen LogP contribution is 2.34. The van der Waals surface area contributed by atoms with E-state index >= 15 is 0 Å². The maximum Gasteiger partial charge on any atom is 0.264 e. The van der Waals surface area contributed by atoms with Crippen LogP contribution in [0.3, 0.4) is 0 Å². The van der Waals surface area contributed by atoms with E-state index in [2.05, 4.69) is 5.32 Å². The number of hydrogen-bond donors (Lipinski definition) is 1. The molecule has 3 rings (SSSR count). The van der Waals surface area contributed by atoms with Crippen molar-refractivity contribution < 1.29 is 32.2 Å². The van der Waals surface area contributed by atoms with Crippen LogP contribution in [0.4, 0.5) is 5.69 Å². The van der Waals surface area contributed by atoms with Gasteiger partial charge in [0.15, 0.2) is 11.5 Å². The molecule has 11 heteroatoms. The Balaban J connectivity index is 2.07. The summed E-state index contributed by atoms with van der Waals surface area (Å²) in [6, 6.07) is 18.9. The predicted octanol–water partition coefficient (Wildman–Crippen LogP) is 4.63. The minimum Gasteiger partial charge on any atom is -0.497 e. The third kappa shape index (κ3) is 8.41. The van der Waals surface area contributed by atoms with Gasteiger partial charge in [-0.05, 0) is 54.8 Å². The number of carbonyl (C=O) groups is 2. The zero-order chi connectivity index (χ0) is 31.4. The van der Waals surface area contributed by atoms with Crippen molar-refractivity contribution in [2.75, 3.05) is 38.7 Å². The highest BCUT2D eigenvalue weighted by molar-refractivity contribution is 7.92. The molecule has 0 radical (unpaired) electrons. The fourth-order valence-corrected chi connectivity index (χ4v) is 6.01. The van der Waals surface area contributed by atoms with Crippen molar-refractivity contribution in [3.8, 4) is 17.2 Å². The van der Waals surface area contributed by atoms with E-state index in [0.717, 1.165) is 22.7 Å². The summed E-state index contributed by atoms with van der Waals surface area (Å²) in [6.45, 7) is 3.87. The summed E-state index contributed by atoms with van der Waals surface area (Å²) in [6.07, 6.45) is 2.04. The second kappa shape index (κ2) is 15.8. The molecule has 1 N–H and O–H groups in total. The number of hydrogen-bond acceptors (Lipinski definition) is 7. The van der Waals surface area contributed by atoms with E-state index in [-0.39, 0.29) is 23.0 Å². The fraction of sp³-hybridized carbons (Fsp3) is 0.375. The van der Waals surface area contributed by atoms with Crippen molar-refractivity contribution in [3.63, 3.8) is 0 Å². The van der Waals surface area contributed by atoms with Gasteiger partial charge < -0.3 is 24.4 Å². The molecule has 232 valence electrons. The van der Waals surface area contributed by atoms with Gasteiger partial charge in [-0.1, -0.05) is 50.6 Å². The summed E-state index contributed by atoms with van der Waals surface area (Å²) in [5.41, 5.74) is 0.970. The van der Waals surface area contributed by atoms with Gasteiger partial charge in [-0.15, -0.1) is 0 Å². The lowest BCUT2D eigenvalue weighted by Gasteiger charge is -2.33. The second-order valence-electron chi connectivity index (χ2n) is 9.80. The zero-order valence-electron chi connectivity index (χ0n) is 25.4. The first-order chi connectivity index (χ1) is 20.7. The molecule has 0 spiro atoms. The van der Waals surface area contributed by atoms with E-state index in [9.17, 15) is 18.0 Å². The average Bonchev–Trinajstić information content (AvgIpc) is 3.03. The van der Waals surface area contributed by atoms with Crippen molar-refractivity contribution >= 4 is 27.5 Å². The number of anilines is 1. The summed E-state index contributed by atoms with van der Waals surface area (Å²) in [5, 5.41) is 2.93. The van der Waals surface area contributed by atoms with Crippen molar-refractivity contribution in [3.05, 3.63) is 78.4 Å². The number of amides is 2. The van der Waals surface area contributed by atoms with E-state index in [4.69, 9.17) is 14.2 Å². The van der Waals surface area contributed by atoms with Gasteiger partial charge in [-0.3, -0.25) is 13.9 Å². The van der Waals surface area contributed by atoms with Gasteiger partial charge in [0.05, 0.1) is 31.9 Å². The largest absolute Gasteiger partial charge is 0.497 e. The van der Waals surface area contributed by atoms with Crippen LogP contribution < -0.4 is 23.8 Å². The van der Waals surface area contributed by atoms with Gasteiger partial charge in [0.1, 0.15) is 18.3 Å². The number of rotatable bonds is 16. The monoisotopic (exact) mass is 611 g/mol. The topological polar surface area (TPSA) is 114 Å². The first kappa shape index (κ1) is 33.3. The third-order valence-electron chi connectivity index (χ3n) is 6.99. The van der Waals surface area contributed by atoms with Crippen LogP contribution in [0.25, 0.3) is 0 Å². The van der Waals surface area contributed by atoms with Crippen LogP contribution in [-0.4, -0.2) is 65.6 Å². The molecule has 1 unspecified atom stereocenters. The quantitative estimate of drug-likeness (QED) is 0.235. The molecule has 0 aliphatic rings. The summed E-state index contributed by atoms with van der Waals surface area (Å²) < 4.78 is 45.1. The Hall–Kier alpha value is -4.25. The van der Waals surface area contributed by atoms with E-state index in [1.165, 1.54) is 37.3 Å². The number of sulfonamides is 1. The number of carbonyl (C=O) groups excluding carboxylic acids is 2. The molecule has 0 aromatic heterocycles. The lowest BCUT2D eigenvalue weighted by atomic mass is 10.1. The SMILES string of the molecule is CCCCNC(=O)C(CC)N(Cc1ccc(OC)cc1)C(=O)CN(c1ccc(OC)c(OC)c1)S(=O)(=O)c1ccccc1. The van der Waals surface area contributed by atoms with Crippen LogP contribution in [0.1, 0.15) is 38.7 Å². The average molecular weight is 612 g/mol. The summed E-state index contributed by atoms with van der Waals surface area (Å²) in [7, 11) is 0.283. The van der Waals surface area contributed by atoms with Gasteiger partial charge >= 0.3 is 0 Å². The highest BCUT2D eigenvalue weighted by atomic mass is 32.2. The van der Waals surface area contributed by atoms with E-state index < -0.39 is 28.5 Å². The van der Waals surface area contributed by atoms with Gasteiger partial charge in [0.2, 0.25) is 11.8 Å². The number of nitrogens with zero attached hydrogens (tertiary/aromatic N) is 2. The lowest BCUT2D eigenvalue weighted by molar-refractivity contribution is -0.140. The Morgan fingerprint density at radius 1 is 0.860 bits per heavy atom. The Morgan fingerprint density at radius 2 is 1.53 bits per heavy atom. The molecule has 0 fully saturated rings. The first-order valence-corrected chi connectivity index (χ1v) is 15.6. The van der Waals surface area contributed by atoms with Crippen molar-refractivity contribution in [1.29, 1.82) is 0 Å². The summed E-state index contributed by atoms with van der Waals surface area (Å²) in [5.74, 6) is 0.534. The van der Waals surface area contributed by atoms with Crippen molar-refractivity contribution in [1.82, 2.24) is 10.2 Å². The van der Waals surface area contributed by atoms with E-state index in [1.54, 1.807) is 49.6 Å². The standard InChI is InChI=1S/C32H41N3O7S/c1-6-8-20-33-32(37)28(7-2)34(22-24-14-17-26(40-3)18-15-24)31(36)23-35(43(38,39)27-12-10-9-11-13-27)25-16-19-29(41-4)30(21-25)42-5/h9-19,21,28H,6-8,20,22-23H2,1-5H3,(H,33,37). The number of benzene rings is 3. The predicted molar refractivity (Wildman–Crippen MR) is 166 cm³/mol. The molecular formula is C32H41N3O7S. The molecule has 3 aromatic rings. The van der Waals surface area contributed by atoms with Crippen molar-refractivity contribution in [2.24, 2.45) is 0 Å². The normalized spacial score (nSPS) is 11.7. The molecule has 0 saturated carbocycles. The molecule has 10 nitrogen and oxygen atoms in total. The number of methoxy groups -OCH3 is 3. The molecule has 0 saturated heterocycles. The maximum atomic E-state index is 14.2. The first-order valence-electron chi connectivity index (χ1n) is 14.2. The number of unbranched alkanes of at least 4 members (excludes halogenated alkanes) is 1. The molecule has 0 bridgehead atoms. The molecular weight excluding hydrogens is 570 g/mol. The van der Waals surface area contributed by atoms with Gasteiger partial charge in [-0.25, -0.2) is 8.42 Å². The molecule has 0 aliphatic carbocycles. The minimum absolute atomic E-state index is 0.0173. The molecule has 2 amide bonds. The van der Waals surface area contributed by atoms with Crippen LogP contribution >= 0.6 is 0 Å². The molecule has 0 heterocycles. The Bertz CT molecular complexity index is 1450. The van der Waals surface area contributed by atoms with Crippen LogP contribution in [-0.2, 0) is 26.2 Å². The van der Waals surface area contributed by atoms with E-state index in [1.807, 2.05) is 26.0 Å². The van der Waals surface area contributed by atoms with Gasteiger partial charge in [-0.2, -0.15) is 0 Å². The number of nitrogens with one attached hydrogen (secondary N) is 1. The highest BCUT2D eigenvalue weighted by Gasteiger charge is 2.34. The zero-order valence-corrected chi connectivity index (χ0v) is 26.2. The smallest absolute Gasteiger partial charge is 0.264 e.